The van der Waals surface area contributed by atoms with E-state index in [9.17, 15) is 9.59 Å². The van der Waals surface area contributed by atoms with E-state index in [0.29, 0.717) is 30.9 Å². The van der Waals surface area contributed by atoms with Gasteiger partial charge in [-0.05, 0) is 48.2 Å². The summed E-state index contributed by atoms with van der Waals surface area (Å²) >= 11 is 0. The van der Waals surface area contributed by atoms with Crippen molar-refractivity contribution in [2.45, 2.75) is 33.0 Å². The Hall–Kier alpha value is -2.46. The fourth-order valence-electron chi connectivity index (χ4n) is 3.76. The van der Waals surface area contributed by atoms with Gasteiger partial charge in [0, 0.05) is 17.7 Å². The van der Waals surface area contributed by atoms with Gasteiger partial charge in [0.2, 0.25) is 0 Å². The zero-order valence-corrected chi connectivity index (χ0v) is 13.8. The molecule has 0 aliphatic carbocycles. The molecule has 24 heavy (non-hydrogen) atoms. The first-order valence-electron chi connectivity index (χ1n) is 8.17. The Balaban J connectivity index is 1.77. The van der Waals surface area contributed by atoms with Crippen LogP contribution in [-0.4, -0.2) is 23.2 Å². The van der Waals surface area contributed by atoms with Gasteiger partial charge in [-0.15, -0.1) is 0 Å². The number of hydrogen-bond donors (Lipinski definition) is 0. The predicted octanol–water partition coefficient (Wildman–Crippen LogP) is 3.42. The second-order valence-corrected chi connectivity index (χ2v) is 6.56. The molecule has 2 aliphatic heterocycles. The fourth-order valence-corrected chi connectivity index (χ4v) is 3.76. The molecule has 2 aromatic carbocycles. The Morgan fingerprint density at radius 1 is 1.25 bits per heavy atom. The summed E-state index contributed by atoms with van der Waals surface area (Å²) in [7, 11) is 0. The first-order valence-corrected chi connectivity index (χ1v) is 8.17. The van der Waals surface area contributed by atoms with E-state index in [0.717, 1.165) is 22.3 Å². The lowest BCUT2D eigenvalue weighted by Gasteiger charge is -2.33. The Morgan fingerprint density at radius 2 is 2.04 bits per heavy atom. The van der Waals surface area contributed by atoms with Gasteiger partial charge in [0.25, 0.3) is 5.91 Å². The van der Waals surface area contributed by atoms with Gasteiger partial charge in [0.1, 0.15) is 0 Å². The highest BCUT2D eigenvalue weighted by atomic mass is 16.5. The summed E-state index contributed by atoms with van der Waals surface area (Å²) in [5.74, 6) is -0.00797. The first-order chi connectivity index (χ1) is 11.6. The molecule has 1 unspecified atom stereocenters. The maximum absolute atomic E-state index is 13.0. The minimum atomic E-state index is -0.102. The zero-order valence-electron chi connectivity index (χ0n) is 13.8. The number of carbonyl (C=O) groups excluding carboxylic acids is 2. The smallest absolute Gasteiger partial charge is 0.255 e. The molecular formula is C20H19NO3. The Bertz CT molecular complexity index is 856. The maximum atomic E-state index is 13.0. The predicted molar refractivity (Wildman–Crippen MR) is 89.9 cm³/mol. The van der Waals surface area contributed by atoms with Gasteiger partial charge in [0.15, 0.2) is 5.78 Å². The topological polar surface area (TPSA) is 46.6 Å². The lowest BCUT2D eigenvalue weighted by Crippen LogP contribution is -2.35. The molecule has 4 nitrogen and oxygen atoms in total. The van der Waals surface area contributed by atoms with Gasteiger partial charge in [0.05, 0.1) is 19.3 Å². The van der Waals surface area contributed by atoms with Crippen LogP contribution in [0.3, 0.4) is 0 Å². The molecule has 4 rings (SSSR count). The Labute approximate surface area is 141 Å². The van der Waals surface area contributed by atoms with Crippen molar-refractivity contribution in [1.82, 2.24) is 4.90 Å². The summed E-state index contributed by atoms with van der Waals surface area (Å²) in [6, 6.07) is 11.8. The Morgan fingerprint density at radius 3 is 2.83 bits per heavy atom. The van der Waals surface area contributed by atoms with E-state index in [4.69, 9.17) is 4.74 Å². The van der Waals surface area contributed by atoms with E-state index in [-0.39, 0.29) is 17.7 Å². The number of Topliss-reactive ketones (excluding diaryl/α,β-unsaturated/α-hetero) is 1. The number of aryl methyl sites for hydroxylation is 1. The molecular weight excluding hydrogens is 302 g/mol. The summed E-state index contributed by atoms with van der Waals surface area (Å²) in [5.41, 5.74) is 5.37. The van der Waals surface area contributed by atoms with Crippen LogP contribution < -0.4 is 0 Å². The maximum Gasteiger partial charge on any atom is 0.255 e. The number of ether oxygens (including phenoxy) is 1. The van der Waals surface area contributed by atoms with Crippen molar-refractivity contribution in [1.29, 1.82) is 0 Å². The zero-order chi connectivity index (χ0) is 16.8. The van der Waals surface area contributed by atoms with Gasteiger partial charge in [-0.3, -0.25) is 9.59 Å². The van der Waals surface area contributed by atoms with Crippen LogP contribution in [0.4, 0.5) is 0 Å². The number of fused-ring (bicyclic) bond motifs is 2. The quantitative estimate of drug-likeness (QED) is 0.796. The molecule has 4 heteroatoms. The van der Waals surface area contributed by atoms with Crippen LogP contribution in [0.1, 0.15) is 55.9 Å². The summed E-state index contributed by atoms with van der Waals surface area (Å²) in [5, 5.41) is 0. The van der Waals surface area contributed by atoms with E-state index in [2.05, 4.69) is 6.07 Å². The van der Waals surface area contributed by atoms with Crippen LogP contribution in [-0.2, 0) is 17.9 Å². The van der Waals surface area contributed by atoms with Crippen LogP contribution in [0, 0.1) is 6.92 Å². The SMILES string of the molecule is CC(=O)c1cc(C)cc2c1CN(C1COCc3ccccc31)C2=O. The highest BCUT2D eigenvalue weighted by Gasteiger charge is 2.37. The first kappa shape index (κ1) is 15.1. The highest BCUT2D eigenvalue weighted by molar-refractivity contribution is 6.04. The van der Waals surface area contributed by atoms with Crippen molar-refractivity contribution in [2.75, 3.05) is 6.61 Å². The minimum Gasteiger partial charge on any atom is -0.374 e. The molecule has 2 aliphatic rings. The summed E-state index contributed by atoms with van der Waals surface area (Å²) in [4.78, 5) is 26.8. The van der Waals surface area contributed by atoms with Gasteiger partial charge >= 0.3 is 0 Å². The molecule has 0 aromatic heterocycles. The molecule has 0 saturated carbocycles. The molecule has 0 spiro atoms. The third-order valence-electron chi connectivity index (χ3n) is 4.92. The second kappa shape index (κ2) is 5.56. The number of amides is 1. The average Bonchev–Trinajstić information content (AvgIpc) is 2.90. The molecule has 0 radical (unpaired) electrons. The van der Waals surface area contributed by atoms with Crippen molar-refractivity contribution < 1.29 is 14.3 Å². The molecule has 2 aromatic rings. The summed E-state index contributed by atoms with van der Waals surface area (Å²) in [6.45, 7) is 5.01. The highest BCUT2D eigenvalue weighted by Crippen LogP contribution is 2.37. The summed E-state index contributed by atoms with van der Waals surface area (Å²) < 4.78 is 5.71. The average molecular weight is 321 g/mol. The Kier molecular flexibility index (Phi) is 3.50. The number of hydrogen-bond acceptors (Lipinski definition) is 3. The second-order valence-electron chi connectivity index (χ2n) is 6.56. The minimum absolute atomic E-state index is 0.00453. The molecule has 1 amide bonds. The molecule has 0 N–H and O–H groups in total. The molecule has 1 atom stereocenters. The van der Waals surface area contributed by atoms with E-state index < -0.39 is 0 Å². The van der Waals surface area contributed by atoms with Crippen LogP contribution in [0.15, 0.2) is 36.4 Å². The molecule has 122 valence electrons. The number of benzene rings is 2. The summed E-state index contributed by atoms with van der Waals surface area (Å²) in [6.07, 6.45) is 0. The number of ketones is 1. The number of rotatable bonds is 2. The van der Waals surface area contributed by atoms with Crippen LogP contribution in [0.2, 0.25) is 0 Å². The largest absolute Gasteiger partial charge is 0.374 e. The molecule has 0 fully saturated rings. The lowest BCUT2D eigenvalue weighted by atomic mass is 9.97. The fraction of sp³-hybridized carbons (Fsp3) is 0.300. The number of carbonyl (C=O) groups is 2. The van der Waals surface area contributed by atoms with Gasteiger partial charge in [-0.25, -0.2) is 0 Å². The third kappa shape index (κ3) is 2.26. The van der Waals surface area contributed by atoms with Crippen molar-refractivity contribution in [3.05, 3.63) is 69.8 Å². The van der Waals surface area contributed by atoms with Gasteiger partial charge in [-0.2, -0.15) is 0 Å². The third-order valence-corrected chi connectivity index (χ3v) is 4.92. The molecule has 0 bridgehead atoms. The van der Waals surface area contributed by atoms with Crippen molar-refractivity contribution in [3.63, 3.8) is 0 Å². The van der Waals surface area contributed by atoms with Crippen molar-refractivity contribution in [3.8, 4) is 0 Å². The number of nitrogens with zero attached hydrogens (tertiary/aromatic N) is 1. The molecule has 2 heterocycles. The van der Waals surface area contributed by atoms with Crippen LogP contribution in [0.5, 0.6) is 0 Å². The van der Waals surface area contributed by atoms with E-state index in [1.54, 1.807) is 6.92 Å². The normalized spacial score (nSPS) is 19.2. The standard InChI is InChI=1S/C20H19NO3/c1-12-7-16(13(2)22)18-9-21(20(23)17(18)8-12)19-11-24-10-14-5-3-4-6-15(14)19/h3-8,19H,9-11H2,1-2H3. The van der Waals surface area contributed by atoms with E-state index in [1.165, 1.54) is 0 Å². The van der Waals surface area contributed by atoms with Crippen molar-refractivity contribution >= 4 is 11.7 Å². The van der Waals surface area contributed by atoms with Gasteiger partial charge < -0.3 is 9.64 Å². The van der Waals surface area contributed by atoms with Crippen molar-refractivity contribution in [2.24, 2.45) is 0 Å². The lowest BCUT2D eigenvalue weighted by molar-refractivity contribution is 0.0283. The monoisotopic (exact) mass is 321 g/mol. The van der Waals surface area contributed by atoms with E-state index in [1.807, 2.05) is 42.2 Å². The van der Waals surface area contributed by atoms with Gasteiger partial charge in [-0.1, -0.05) is 24.3 Å². The van der Waals surface area contributed by atoms with E-state index >= 15 is 0 Å². The van der Waals surface area contributed by atoms with Crippen LogP contribution in [0.25, 0.3) is 0 Å². The van der Waals surface area contributed by atoms with Crippen LogP contribution >= 0.6 is 0 Å². The molecule has 0 saturated heterocycles.